The van der Waals surface area contributed by atoms with Crippen molar-refractivity contribution in [1.29, 1.82) is 0 Å². The second-order valence-electron chi connectivity index (χ2n) is 5.13. The van der Waals surface area contributed by atoms with Crippen molar-refractivity contribution >= 4 is 5.82 Å². The Morgan fingerprint density at radius 2 is 1.85 bits per heavy atom. The van der Waals surface area contributed by atoms with Crippen LogP contribution in [0.3, 0.4) is 0 Å². The van der Waals surface area contributed by atoms with E-state index >= 15 is 0 Å². The number of benzene rings is 1. The first kappa shape index (κ1) is 12.9. The fourth-order valence-corrected chi connectivity index (χ4v) is 2.61. The Bertz CT molecular complexity index is 625. The lowest BCUT2D eigenvalue weighted by molar-refractivity contribution is 0.458. The topological polar surface area (TPSA) is 47.0 Å². The molecule has 0 amide bonds. The highest BCUT2D eigenvalue weighted by atomic mass is 16.5. The average molecular weight is 269 g/mol. The van der Waals surface area contributed by atoms with E-state index in [1.165, 1.54) is 30.4 Å². The van der Waals surface area contributed by atoms with Crippen molar-refractivity contribution in [1.82, 2.24) is 9.97 Å². The summed E-state index contributed by atoms with van der Waals surface area (Å²) in [5.41, 5.74) is 2.87. The summed E-state index contributed by atoms with van der Waals surface area (Å²) in [6.45, 7) is 1.86. The molecule has 0 unspecified atom stereocenters. The minimum atomic E-state index is 0.581. The molecule has 0 bridgehead atoms. The zero-order valence-electron chi connectivity index (χ0n) is 11.9. The molecule has 1 aliphatic rings. The van der Waals surface area contributed by atoms with Gasteiger partial charge >= 0.3 is 0 Å². The van der Waals surface area contributed by atoms with E-state index in [9.17, 15) is 0 Å². The van der Waals surface area contributed by atoms with E-state index in [2.05, 4.69) is 27.4 Å². The van der Waals surface area contributed by atoms with E-state index in [4.69, 9.17) is 4.74 Å². The van der Waals surface area contributed by atoms with E-state index in [1.807, 2.05) is 26.1 Å². The van der Waals surface area contributed by atoms with Gasteiger partial charge < -0.3 is 10.1 Å². The molecule has 4 nitrogen and oxygen atoms in total. The zero-order chi connectivity index (χ0) is 13.9. The molecule has 4 heteroatoms. The molecule has 2 aromatic rings. The summed E-state index contributed by atoms with van der Waals surface area (Å²) in [6, 6.07) is 8.16. The summed E-state index contributed by atoms with van der Waals surface area (Å²) in [5.74, 6) is 2.90. The third-order valence-electron chi connectivity index (χ3n) is 3.61. The first-order chi connectivity index (χ1) is 9.74. The minimum Gasteiger partial charge on any atom is -0.439 e. The predicted molar refractivity (Wildman–Crippen MR) is 79.5 cm³/mol. The standard InChI is InChI=1S/C16H19N3O/c1-11-18-15(17-2)10-16(19-11)20-14-8-7-12-5-3-4-6-13(12)9-14/h7-10H,3-6H2,1-2H3,(H,17,18,19). The van der Waals surface area contributed by atoms with Crippen LogP contribution < -0.4 is 10.1 Å². The maximum absolute atomic E-state index is 5.88. The summed E-state index contributed by atoms with van der Waals surface area (Å²) >= 11 is 0. The fourth-order valence-electron chi connectivity index (χ4n) is 2.61. The Kier molecular flexibility index (Phi) is 3.54. The van der Waals surface area contributed by atoms with Gasteiger partial charge in [-0.1, -0.05) is 6.07 Å². The van der Waals surface area contributed by atoms with E-state index in [0.717, 1.165) is 18.0 Å². The molecule has 1 aromatic heterocycles. The molecule has 0 saturated carbocycles. The molecule has 1 aliphatic carbocycles. The summed E-state index contributed by atoms with van der Waals surface area (Å²) in [5, 5.41) is 3.01. The Morgan fingerprint density at radius 3 is 2.65 bits per heavy atom. The number of nitrogens with one attached hydrogen (secondary N) is 1. The number of aryl methyl sites for hydroxylation is 3. The molecule has 0 atom stereocenters. The van der Waals surface area contributed by atoms with Crippen LogP contribution in [0.2, 0.25) is 0 Å². The third kappa shape index (κ3) is 2.74. The van der Waals surface area contributed by atoms with E-state index < -0.39 is 0 Å². The lowest BCUT2D eigenvalue weighted by Crippen LogP contribution is -2.03. The van der Waals surface area contributed by atoms with Gasteiger partial charge in [-0.05, 0) is 55.9 Å². The molecule has 1 aromatic carbocycles. The number of ether oxygens (including phenoxy) is 1. The van der Waals surface area contributed by atoms with Crippen LogP contribution >= 0.6 is 0 Å². The first-order valence-electron chi connectivity index (χ1n) is 7.08. The average Bonchev–Trinajstić information content (AvgIpc) is 2.46. The van der Waals surface area contributed by atoms with Gasteiger partial charge in [-0.2, -0.15) is 4.98 Å². The minimum absolute atomic E-state index is 0.581. The third-order valence-corrected chi connectivity index (χ3v) is 3.61. The quantitative estimate of drug-likeness (QED) is 0.926. The van der Waals surface area contributed by atoms with Crippen molar-refractivity contribution < 1.29 is 4.74 Å². The molecular formula is C16H19N3O. The largest absolute Gasteiger partial charge is 0.439 e. The second-order valence-corrected chi connectivity index (χ2v) is 5.13. The Labute approximate surface area is 119 Å². The van der Waals surface area contributed by atoms with Gasteiger partial charge in [-0.25, -0.2) is 4.98 Å². The van der Waals surface area contributed by atoms with Gasteiger partial charge in [0.2, 0.25) is 5.88 Å². The van der Waals surface area contributed by atoms with Crippen molar-refractivity contribution in [3.05, 3.63) is 41.2 Å². The predicted octanol–water partition coefficient (Wildman–Crippen LogP) is 3.50. The molecule has 0 radical (unpaired) electrons. The van der Waals surface area contributed by atoms with Crippen molar-refractivity contribution in [2.45, 2.75) is 32.6 Å². The maximum atomic E-state index is 5.88. The molecule has 0 spiro atoms. The highest BCUT2D eigenvalue weighted by molar-refractivity contribution is 5.41. The Hall–Kier alpha value is -2.10. The number of aromatic nitrogens is 2. The highest BCUT2D eigenvalue weighted by Crippen LogP contribution is 2.28. The van der Waals surface area contributed by atoms with Gasteiger partial charge in [-0.3, -0.25) is 0 Å². The van der Waals surface area contributed by atoms with Crippen LogP contribution in [0.1, 0.15) is 29.8 Å². The van der Waals surface area contributed by atoms with Crippen molar-refractivity contribution in [3.8, 4) is 11.6 Å². The van der Waals surface area contributed by atoms with Crippen molar-refractivity contribution in [3.63, 3.8) is 0 Å². The van der Waals surface area contributed by atoms with Gasteiger partial charge in [-0.15, -0.1) is 0 Å². The first-order valence-corrected chi connectivity index (χ1v) is 7.08. The fraction of sp³-hybridized carbons (Fsp3) is 0.375. The van der Waals surface area contributed by atoms with E-state index in [-0.39, 0.29) is 0 Å². The molecule has 3 rings (SSSR count). The SMILES string of the molecule is CNc1cc(Oc2ccc3c(c2)CCCC3)nc(C)n1. The molecule has 0 aliphatic heterocycles. The van der Waals surface area contributed by atoms with Gasteiger partial charge in [0.25, 0.3) is 0 Å². The zero-order valence-corrected chi connectivity index (χ0v) is 11.9. The van der Waals surface area contributed by atoms with Crippen LogP contribution in [0.5, 0.6) is 11.6 Å². The lowest BCUT2D eigenvalue weighted by Gasteiger charge is -2.16. The van der Waals surface area contributed by atoms with Crippen LogP contribution in [0, 0.1) is 6.92 Å². The maximum Gasteiger partial charge on any atom is 0.224 e. The number of hydrogen-bond donors (Lipinski definition) is 1. The van der Waals surface area contributed by atoms with Crippen LogP contribution in [-0.2, 0) is 12.8 Å². The molecule has 104 valence electrons. The number of anilines is 1. The number of hydrogen-bond acceptors (Lipinski definition) is 4. The molecular weight excluding hydrogens is 250 g/mol. The lowest BCUT2D eigenvalue weighted by atomic mass is 9.92. The Morgan fingerprint density at radius 1 is 1.05 bits per heavy atom. The highest BCUT2D eigenvalue weighted by Gasteiger charge is 2.11. The molecule has 20 heavy (non-hydrogen) atoms. The normalized spacial score (nSPS) is 13.7. The van der Waals surface area contributed by atoms with Crippen molar-refractivity contribution in [2.75, 3.05) is 12.4 Å². The summed E-state index contributed by atoms with van der Waals surface area (Å²) in [6.07, 6.45) is 4.90. The number of fused-ring (bicyclic) bond motifs is 1. The number of rotatable bonds is 3. The molecule has 0 fully saturated rings. The second kappa shape index (κ2) is 5.49. The smallest absolute Gasteiger partial charge is 0.224 e. The van der Waals surface area contributed by atoms with Crippen LogP contribution in [-0.4, -0.2) is 17.0 Å². The van der Waals surface area contributed by atoms with Gasteiger partial charge in [0.1, 0.15) is 17.4 Å². The van der Waals surface area contributed by atoms with Gasteiger partial charge in [0.15, 0.2) is 0 Å². The van der Waals surface area contributed by atoms with Crippen LogP contribution in [0.4, 0.5) is 5.82 Å². The van der Waals surface area contributed by atoms with E-state index in [0.29, 0.717) is 11.7 Å². The molecule has 1 heterocycles. The van der Waals surface area contributed by atoms with Gasteiger partial charge in [0, 0.05) is 13.1 Å². The van der Waals surface area contributed by atoms with Crippen LogP contribution in [0.15, 0.2) is 24.3 Å². The van der Waals surface area contributed by atoms with E-state index in [1.54, 1.807) is 0 Å². The van der Waals surface area contributed by atoms with Crippen molar-refractivity contribution in [2.24, 2.45) is 0 Å². The molecule has 1 N–H and O–H groups in total. The van der Waals surface area contributed by atoms with Crippen LogP contribution in [0.25, 0.3) is 0 Å². The summed E-state index contributed by atoms with van der Waals surface area (Å²) in [4.78, 5) is 8.58. The monoisotopic (exact) mass is 269 g/mol. The summed E-state index contributed by atoms with van der Waals surface area (Å²) in [7, 11) is 1.84. The number of nitrogens with zero attached hydrogens (tertiary/aromatic N) is 2. The molecule has 0 saturated heterocycles. The van der Waals surface area contributed by atoms with Gasteiger partial charge in [0.05, 0.1) is 0 Å². The Balaban J connectivity index is 1.85. The summed E-state index contributed by atoms with van der Waals surface area (Å²) < 4.78 is 5.88.